The number of imidazole rings is 1. The van der Waals surface area contributed by atoms with Gasteiger partial charge in [-0.3, -0.25) is 0 Å². The monoisotopic (exact) mass is 409 g/mol. The highest BCUT2D eigenvalue weighted by Gasteiger charge is 2.44. The first-order valence-electron chi connectivity index (χ1n) is 5.99. The van der Waals surface area contributed by atoms with E-state index in [1.807, 2.05) is 22.6 Å². The van der Waals surface area contributed by atoms with E-state index in [1.54, 1.807) is 0 Å². The van der Waals surface area contributed by atoms with Crippen molar-refractivity contribution in [1.82, 2.24) is 19.5 Å². The molecule has 4 unspecified atom stereocenters. The Morgan fingerprint density at radius 1 is 1.38 bits per heavy atom. The average Bonchev–Trinajstić information content (AvgIpc) is 2.94. The second-order valence-corrected chi connectivity index (χ2v) is 5.63. The Morgan fingerprint density at radius 2 is 2.10 bits per heavy atom. The molecule has 0 bridgehead atoms. The summed E-state index contributed by atoms with van der Waals surface area (Å²) in [5, 5.41) is 28.9. The Balaban J connectivity index is 2.19. The van der Waals surface area contributed by atoms with Crippen LogP contribution in [0.4, 0.5) is 5.82 Å². The maximum Gasteiger partial charge on any atom is 0.353 e. The molecule has 11 heteroatoms. The van der Waals surface area contributed by atoms with Crippen molar-refractivity contribution in [2.45, 2.75) is 24.5 Å². The lowest BCUT2D eigenvalue weighted by atomic mass is 10.1. The minimum absolute atomic E-state index is 0.0200. The van der Waals surface area contributed by atoms with Crippen molar-refractivity contribution in [1.29, 1.82) is 0 Å². The third-order valence-electron chi connectivity index (χ3n) is 3.33. The first-order valence-corrected chi connectivity index (χ1v) is 7.07. The van der Waals surface area contributed by atoms with Gasteiger partial charge in [0, 0.05) is 0 Å². The summed E-state index contributed by atoms with van der Waals surface area (Å²) in [6, 6.07) is 0. The molecule has 0 amide bonds. The number of aliphatic hydroxyl groups excluding tert-OH is 3. The Hall–Kier alpha value is -1.28. The van der Waals surface area contributed by atoms with Crippen molar-refractivity contribution in [3.05, 3.63) is 14.3 Å². The van der Waals surface area contributed by atoms with E-state index in [0.29, 0.717) is 9.35 Å². The van der Waals surface area contributed by atoms with Crippen LogP contribution in [0.1, 0.15) is 6.23 Å². The molecule has 2 aromatic heterocycles. The molecule has 21 heavy (non-hydrogen) atoms. The van der Waals surface area contributed by atoms with Gasteiger partial charge in [0.2, 0.25) is 0 Å². The summed E-state index contributed by atoms with van der Waals surface area (Å²) in [7, 11) is 0. The first kappa shape index (κ1) is 14.6. The van der Waals surface area contributed by atoms with Gasteiger partial charge in [-0.1, -0.05) is 0 Å². The molecule has 2 aromatic rings. The van der Waals surface area contributed by atoms with Gasteiger partial charge in [-0.2, -0.15) is 4.98 Å². The van der Waals surface area contributed by atoms with Crippen LogP contribution in [0.15, 0.2) is 4.79 Å². The maximum atomic E-state index is 12.1. The lowest BCUT2D eigenvalue weighted by Gasteiger charge is -2.17. The van der Waals surface area contributed by atoms with E-state index in [1.165, 1.54) is 0 Å². The van der Waals surface area contributed by atoms with Gasteiger partial charge >= 0.3 is 5.69 Å². The maximum absolute atomic E-state index is 12.1. The van der Waals surface area contributed by atoms with E-state index in [0.717, 1.165) is 4.57 Å². The van der Waals surface area contributed by atoms with Crippen LogP contribution in [0.25, 0.3) is 11.2 Å². The predicted molar refractivity (Wildman–Crippen MR) is 78.3 cm³/mol. The standard InChI is InChI=1S/C10H12IN5O5/c11-9-13-3-6(12)14-10(20)16(7(3)15-9)8-5(19)4(18)2(1-17)21-8/h2,4-5,8,17-19H,1H2,(H,13,15)(H2,12,14,20). The zero-order valence-electron chi connectivity index (χ0n) is 10.5. The van der Waals surface area contributed by atoms with Crippen molar-refractivity contribution in [2.24, 2.45) is 0 Å². The quantitative estimate of drug-likeness (QED) is 0.279. The summed E-state index contributed by atoms with van der Waals surface area (Å²) < 4.78 is 6.82. The van der Waals surface area contributed by atoms with Gasteiger partial charge in [-0.05, 0) is 22.6 Å². The molecule has 3 heterocycles. The second-order valence-electron chi connectivity index (χ2n) is 4.60. The minimum atomic E-state index is -1.40. The zero-order valence-corrected chi connectivity index (χ0v) is 12.6. The number of nitrogen functional groups attached to an aromatic ring is 1. The summed E-state index contributed by atoms with van der Waals surface area (Å²) in [4.78, 5) is 22.7. The highest BCUT2D eigenvalue weighted by molar-refractivity contribution is 14.1. The number of hydrogen-bond donors (Lipinski definition) is 5. The fourth-order valence-corrected chi connectivity index (χ4v) is 2.81. The molecule has 10 nitrogen and oxygen atoms in total. The minimum Gasteiger partial charge on any atom is -0.394 e. The predicted octanol–water partition coefficient (Wildman–Crippen LogP) is -2.08. The molecule has 0 radical (unpaired) electrons. The third-order valence-corrected chi connectivity index (χ3v) is 3.84. The number of anilines is 1. The molecule has 0 saturated carbocycles. The molecule has 1 fully saturated rings. The molecule has 1 aliphatic rings. The number of fused-ring (bicyclic) bond motifs is 1. The summed E-state index contributed by atoms with van der Waals surface area (Å²) in [6.45, 7) is -0.493. The fraction of sp³-hybridized carbons (Fsp3) is 0.500. The number of hydrogen-bond acceptors (Lipinski definition) is 8. The Labute approximate surface area is 130 Å². The molecule has 4 atom stereocenters. The number of aliphatic hydroxyl groups is 3. The number of halogens is 1. The Morgan fingerprint density at radius 3 is 2.71 bits per heavy atom. The van der Waals surface area contributed by atoms with Crippen LogP contribution in [-0.4, -0.2) is 59.8 Å². The number of nitrogens with zero attached hydrogens (tertiary/aromatic N) is 3. The molecule has 0 spiro atoms. The van der Waals surface area contributed by atoms with Gasteiger partial charge in [0.15, 0.2) is 21.5 Å². The van der Waals surface area contributed by atoms with Crippen LogP contribution in [0.3, 0.4) is 0 Å². The summed E-state index contributed by atoms with van der Waals surface area (Å²) in [5.41, 5.74) is 5.38. The molecule has 0 aliphatic carbocycles. The van der Waals surface area contributed by atoms with Crippen LogP contribution in [0.2, 0.25) is 0 Å². The van der Waals surface area contributed by atoms with Gasteiger partial charge in [0.05, 0.1) is 6.61 Å². The smallest absolute Gasteiger partial charge is 0.353 e. The van der Waals surface area contributed by atoms with Crippen LogP contribution >= 0.6 is 22.6 Å². The van der Waals surface area contributed by atoms with E-state index >= 15 is 0 Å². The number of nitrogens with two attached hydrogens (primary N) is 1. The van der Waals surface area contributed by atoms with Gasteiger partial charge in [0.25, 0.3) is 0 Å². The SMILES string of the molecule is Nc1nc(=O)n(C2OC(CO)C(O)C2O)c2nc(I)[nH]c12. The summed E-state index contributed by atoms with van der Waals surface area (Å²) in [5.74, 6) is -0.0200. The van der Waals surface area contributed by atoms with E-state index in [-0.39, 0.29) is 11.5 Å². The van der Waals surface area contributed by atoms with Crippen molar-refractivity contribution < 1.29 is 20.1 Å². The number of H-pyrrole nitrogens is 1. The molecular weight excluding hydrogens is 397 g/mol. The Kier molecular flexibility index (Phi) is 3.61. The van der Waals surface area contributed by atoms with Gasteiger partial charge < -0.3 is 30.8 Å². The molecule has 1 aliphatic heterocycles. The van der Waals surface area contributed by atoms with Gasteiger partial charge in [-0.25, -0.2) is 14.3 Å². The number of aromatic nitrogens is 4. The van der Waals surface area contributed by atoms with E-state index in [9.17, 15) is 15.0 Å². The molecule has 0 aromatic carbocycles. The molecule has 3 rings (SSSR count). The van der Waals surface area contributed by atoms with Crippen molar-refractivity contribution in [2.75, 3.05) is 12.3 Å². The molecule has 6 N–H and O–H groups in total. The fourth-order valence-electron chi connectivity index (χ4n) is 2.31. The van der Waals surface area contributed by atoms with Crippen LogP contribution in [-0.2, 0) is 4.74 Å². The summed E-state index contributed by atoms with van der Waals surface area (Å²) in [6.07, 6.45) is -4.93. The van der Waals surface area contributed by atoms with Crippen LogP contribution in [0.5, 0.6) is 0 Å². The van der Waals surface area contributed by atoms with E-state index < -0.39 is 36.8 Å². The van der Waals surface area contributed by atoms with Gasteiger partial charge in [-0.15, -0.1) is 0 Å². The van der Waals surface area contributed by atoms with Crippen molar-refractivity contribution in [3.8, 4) is 0 Å². The number of ether oxygens (including phenoxy) is 1. The zero-order chi connectivity index (χ0) is 15.3. The topological polar surface area (TPSA) is 160 Å². The highest BCUT2D eigenvalue weighted by Crippen LogP contribution is 2.30. The van der Waals surface area contributed by atoms with Crippen molar-refractivity contribution in [3.63, 3.8) is 0 Å². The highest BCUT2D eigenvalue weighted by atomic mass is 127. The molecule has 1 saturated heterocycles. The average molecular weight is 409 g/mol. The van der Waals surface area contributed by atoms with Crippen molar-refractivity contribution >= 4 is 39.6 Å². The second kappa shape index (κ2) is 5.17. The van der Waals surface area contributed by atoms with Gasteiger partial charge in [0.1, 0.15) is 23.8 Å². The van der Waals surface area contributed by atoms with E-state index in [2.05, 4.69) is 15.0 Å². The third kappa shape index (κ3) is 2.20. The Bertz CT molecular complexity index is 745. The largest absolute Gasteiger partial charge is 0.394 e. The summed E-state index contributed by atoms with van der Waals surface area (Å²) >= 11 is 1.90. The lowest BCUT2D eigenvalue weighted by molar-refractivity contribution is -0.0529. The van der Waals surface area contributed by atoms with Crippen LogP contribution in [0, 0.1) is 3.83 Å². The molecular formula is C10H12IN5O5. The number of nitrogens with one attached hydrogen (secondary N) is 1. The van der Waals surface area contributed by atoms with E-state index in [4.69, 9.17) is 15.6 Å². The van der Waals surface area contributed by atoms with Crippen LogP contribution < -0.4 is 11.4 Å². The first-order chi connectivity index (χ1) is 9.93. The normalized spacial score (nSPS) is 29.3. The molecule has 114 valence electrons. The lowest BCUT2D eigenvalue weighted by Crippen LogP contribution is -2.36. The number of rotatable bonds is 2. The number of aromatic amines is 1.